The van der Waals surface area contributed by atoms with Crippen molar-refractivity contribution in [2.45, 2.75) is 117 Å². The lowest BCUT2D eigenvalue weighted by Crippen LogP contribution is -2.24. The Hall–Kier alpha value is -2.17. The molecule has 0 unspecified atom stereocenters. The number of nitrogens with zero attached hydrogens (tertiary/aromatic N) is 1. The number of fused-ring (bicyclic) bond motifs is 1. The Morgan fingerprint density at radius 1 is 0.686 bits per heavy atom. The minimum Gasteiger partial charge on any atom is -0.497 e. The number of unbranched alkanes of at least 4 members (excludes halogenated alkanes) is 11. The zero-order valence-electron chi connectivity index (χ0n) is 22.8. The van der Waals surface area contributed by atoms with Gasteiger partial charge in [0.25, 0.3) is 5.56 Å². The van der Waals surface area contributed by atoms with Gasteiger partial charge in [-0.1, -0.05) is 91.4 Å². The largest absolute Gasteiger partial charge is 0.497 e. The SMILES string of the molecule is CCCCCCCCn1c(=O)c(OCCCCCC)c(OCCCCCC)c2ccc(OC)cc21. The van der Waals surface area contributed by atoms with Crippen LogP contribution in [0.2, 0.25) is 0 Å². The van der Waals surface area contributed by atoms with Crippen LogP contribution >= 0.6 is 0 Å². The van der Waals surface area contributed by atoms with E-state index in [1.54, 1.807) is 7.11 Å². The third-order valence-corrected chi connectivity index (χ3v) is 6.61. The van der Waals surface area contributed by atoms with Gasteiger partial charge in [0.15, 0.2) is 5.75 Å². The van der Waals surface area contributed by atoms with Crippen molar-refractivity contribution in [2.75, 3.05) is 20.3 Å². The number of methoxy groups -OCH3 is 1. The van der Waals surface area contributed by atoms with Crippen LogP contribution < -0.4 is 19.8 Å². The molecule has 0 amide bonds. The molecule has 0 atom stereocenters. The van der Waals surface area contributed by atoms with Gasteiger partial charge in [0, 0.05) is 18.0 Å². The second-order valence-electron chi connectivity index (χ2n) is 9.58. The van der Waals surface area contributed by atoms with Crippen molar-refractivity contribution < 1.29 is 14.2 Å². The highest BCUT2D eigenvalue weighted by atomic mass is 16.5. The summed E-state index contributed by atoms with van der Waals surface area (Å²) in [6, 6.07) is 5.91. The first-order valence-electron chi connectivity index (χ1n) is 14.2. The van der Waals surface area contributed by atoms with E-state index < -0.39 is 0 Å². The number of pyridine rings is 1. The molecule has 0 fully saturated rings. The first kappa shape index (κ1) is 29.1. The van der Waals surface area contributed by atoms with Gasteiger partial charge in [-0.3, -0.25) is 4.79 Å². The minimum absolute atomic E-state index is 0.0849. The summed E-state index contributed by atoms with van der Waals surface area (Å²) < 4.78 is 19.8. The van der Waals surface area contributed by atoms with Gasteiger partial charge >= 0.3 is 0 Å². The quantitative estimate of drug-likeness (QED) is 0.176. The van der Waals surface area contributed by atoms with Crippen molar-refractivity contribution in [3.63, 3.8) is 0 Å². The molecule has 0 aliphatic heterocycles. The molecule has 1 heterocycles. The zero-order valence-corrected chi connectivity index (χ0v) is 22.8. The summed E-state index contributed by atoms with van der Waals surface area (Å²) >= 11 is 0. The second kappa shape index (κ2) is 17.3. The van der Waals surface area contributed by atoms with Crippen LogP contribution in [0, 0.1) is 0 Å². The number of ether oxygens (including phenoxy) is 3. The molecule has 0 aliphatic carbocycles. The van der Waals surface area contributed by atoms with Gasteiger partial charge in [-0.25, -0.2) is 0 Å². The smallest absolute Gasteiger partial charge is 0.297 e. The first-order valence-corrected chi connectivity index (χ1v) is 14.2. The van der Waals surface area contributed by atoms with E-state index in [1.807, 2.05) is 22.8 Å². The van der Waals surface area contributed by atoms with Gasteiger partial charge in [-0.15, -0.1) is 0 Å². The maximum atomic E-state index is 13.7. The second-order valence-corrected chi connectivity index (χ2v) is 9.58. The van der Waals surface area contributed by atoms with Crippen LogP contribution in [0.25, 0.3) is 10.9 Å². The van der Waals surface area contributed by atoms with Crippen LogP contribution in [0.15, 0.2) is 23.0 Å². The molecule has 198 valence electrons. The molecular weight excluding hydrogens is 438 g/mol. The molecule has 0 bridgehead atoms. The molecule has 0 saturated carbocycles. The van der Waals surface area contributed by atoms with Gasteiger partial charge < -0.3 is 18.8 Å². The molecule has 1 aromatic carbocycles. The van der Waals surface area contributed by atoms with E-state index in [0.29, 0.717) is 31.3 Å². The molecule has 35 heavy (non-hydrogen) atoms. The third kappa shape index (κ3) is 9.42. The lowest BCUT2D eigenvalue weighted by molar-refractivity contribution is 0.256. The molecule has 0 saturated heterocycles. The van der Waals surface area contributed by atoms with Crippen molar-refractivity contribution >= 4 is 10.9 Å². The highest BCUT2D eigenvalue weighted by molar-refractivity contribution is 5.89. The Labute approximate surface area is 213 Å². The molecule has 0 radical (unpaired) electrons. The van der Waals surface area contributed by atoms with Crippen LogP contribution in [0.1, 0.15) is 111 Å². The van der Waals surface area contributed by atoms with E-state index in [4.69, 9.17) is 14.2 Å². The average Bonchev–Trinajstić information content (AvgIpc) is 2.87. The number of aryl methyl sites for hydroxylation is 1. The summed E-state index contributed by atoms with van der Waals surface area (Å²) in [7, 11) is 1.66. The Balaban J connectivity index is 2.36. The Morgan fingerprint density at radius 3 is 1.83 bits per heavy atom. The molecule has 2 rings (SSSR count). The molecule has 1 aromatic heterocycles. The summed E-state index contributed by atoms with van der Waals surface area (Å²) in [4.78, 5) is 13.7. The van der Waals surface area contributed by atoms with Crippen LogP contribution in [-0.2, 0) is 6.54 Å². The molecule has 0 aliphatic rings. The summed E-state index contributed by atoms with van der Waals surface area (Å²) in [6.45, 7) is 8.45. The van der Waals surface area contributed by atoms with Gasteiger partial charge in [-0.05, 0) is 31.4 Å². The van der Waals surface area contributed by atoms with Crippen molar-refractivity contribution in [1.82, 2.24) is 4.57 Å². The van der Waals surface area contributed by atoms with E-state index in [1.165, 1.54) is 51.4 Å². The first-order chi connectivity index (χ1) is 17.2. The Morgan fingerprint density at radius 2 is 1.23 bits per heavy atom. The van der Waals surface area contributed by atoms with E-state index in [9.17, 15) is 4.79 Å². The van der Waals surface area contributed by atoms with Crippen LogP contribution in [0.5, 0.6) is 17.2 Å². The van der Waals surface area contributed by atoms with Crippen LogP contribution in [0.4, 0.5) is 0 Å². The van der Waals surface area contributed by atoms with Gasteiger partial charge in [0.05, 0.1) is 25.8 Å². The highest BCUT2D eigenvalue weighted by Gasteiger charge is 2.20. The highest BCUT2D eigenvalue weighted by Crippen LogP contribution is 2.35. The predicted octanol–water partition coefficient (Wildman–Crippen LogP) is 8.29. The summed E-state index contributed by atoms with van der Waals surface area (Å²) in [5.74, 6) is 1.72. The fourth-order valence-corrected chi connectivity index (χ4v) is 4.45. The maximum absolute atomic E-state index is 13.7. The fraction of sp³-hybridized carbons (Fsp3) is 0.700. The van der Waals surface area contributed by atoms with Crippen molar-refractivity contribution in [3.8, 4) is 17.2 Å². The Bertz CT molecular complexity index is 905. The van der Waals surface area contributed by atoms with Crippen molar-refractivity contribution in [2.24, 2.45) is 0 Å². The maximum Gasteiger partial charge on any atom is 0.297 e. The van der Waals surface area contributed by atoms with E-state index >= 15 is 0 Å². The number of rotatable bonds is 20. The predicted molar refractivity (Wildman–Crippen MR) is 147 cm³/mol. The van der Waals surface area contributed by atoms with Gasteiger partial charge in [0.1, 0.15) is 5.75 Å². The summed E-state index contributed by atoms with van der Waals surface area (Å²) in [5.41, 5.74) is 0.781. The zero-order chi connectivity index (χ0) is 25.3. The summed E-state index contributed by atoms with van der Waals surface area (Å²) in [6.07, 6.45) is 16.0. The average molecular weight is 488 g/mol. The van der Waals surface area contributed by atoms with E-state index in [-0.39, 0.29) is 5.56 Å². The lowest BCUT2D eigenvalue weighted by Gasteiger charge is -2.19. The van der Waals surface area contributed by atoms with E-state index in [2.05, 4.69) is 20.8 Å². The van der Waals surface area contributed by atoms with Crippen molar-refractivity contribution in [1.29, 1.82) is 0 Å². The number of benzene rings is 1. The molecular formula is C30H49NO4. The normalized spacial score (nSPS) is 11.2. The number of hydrogen-bond acceptors (Lipinski definition) is 4. The monoisotopic (exact) mass is 487 g/mol. The fourth-order valence-electron chi connectivity index (χ4n) is 4.45. The topological polar surface area (TPSA) is 49.7 Å². The molecule has 5 heteroatoms. The minimum atomic E-state index is -0.0849. The van der Waals surface area contributed by atoms with Crippen LogP contribution in [0.3, 0.4) is 0 Å². The molecule has 0 N–H and O–H groups in total. The van der Waals surface area contributed by atoms with Gasteiger partial charge in [0.2, 0.25) is 5.75 Å². The number of aromatic nitrogens is 1. The third-order valence-electron chi connectivity index (χ3n) is 6.61. The summed E-state index contributed by atoms with van der Waals surface area (Å²) in [5, 5.41) is 0.926. The van der Waals surface area contributed by atoms with E-state index in [0.717, 1.165) is 55.2 Å². The number of hydrogen-bond donors (Lipinski definition) is 0. The van der Waals surface area contributed by atoms with Crippen LogP contribution in [-0.4, -0.2) is 24.9 Å². The standard InChI is InChI=1S/C30H49NO4/c1-5-8-11-14-15-16-21-31-27-24-25(33-4)19-20-26(27)28(34-22-17-12-9-6-2)29(30(31)32)35-23-18-13-10-7-3/h19-20,24H,5-18,21-23H2,1-4H3. The Kier molecular flexibility index (Phi) is 14.4. The molecule has 2 aromatic rings. The van der Waals surface area contributed by atoms with Gasteiger partial charge in [-0.2, -0.15) is 0 Å². The lowest BCUT2D eigenvalue weighted by atomic mass is 10.1. The molecule has 5 nitrogen and oxygen atoms in total. The van der Waals surface area contributed by atoms with Crippen molar-refractivity contribution in [3.05, 3.63) is 28.6 Å². The molecule has 0 spiro atoms.